The second-order valence-electron chi connectivity index (χ2n) is 6.27. The Morgan fingerprint density at radius 3 is 1.83 bits per heavy atom. The molecule has 0 saturated heterocycles. The highest BCUT2D eigenvalue weighted by molar-refractivity contribution is 5.81. The van der Waals surface area contributed by atoms with Gasteiger partial charge in [-0.2, -0.15) is 0 Å². The summed E-state index contributed by atoms with van der Waals surface area (Å²) >= 11 is 0. The van der Waals surface area contributed by atoms with Crippen LogP contribution in [0.4, 0.5) is 0 Å². The van der Waals surface area contributed by atoms with Gasteiger partial charge in [0.05, 0.1) is 6.04 Å². The van der Waals surface area contributed by atoms with Crippen molar-refractivity contribution in [3.8, 4) is 0 Å². The van der Waals surface area contributed by atoms with Gasteiger partial charge in [0, 0.05) is 5.41 Å². The van der Waals surface area contributed by atoms with E-state index in [0.717, 1.165) is 5.56 Å². The van der Waals surface area contributed by atoms with E-state index in [1.807, 2.05) is 27.7 Å². The molecule has 1 rings (SSSR count). The Morgan fingerprint density at radius 1 is 1.00 bits per heavy atom. The van der Waals surface area contributed by atoms with Crippen LogP contribution in [0, 0.1) is 5.41 Å². The maximum Gasteiger partial charge on any atom is 0.225 e. The summed E-state index contributed by atoms with van der Waals surface area (Å²) in [7, 11) is 0. The predicted octanol–water partition coefficient (Wildman–Crippen LogP) is 4.03. The largest absolute Gasteiger partial charge is 0.349 e. The number of carbonyl (C=O) groups is 1. The Bertz CT molecular complexity index is 398. The van der Waals surface area contributed by atoms with Crippen molar-refractivity contribution in [3.05, 3.63) is 35.4 Å². The molecule has 1 N–H and O–H groups in total. The molecule has 1 amide bonds. The Morgan fingerprint density at radius 2 is 1.44 bits per heavy atom. The first-order valence-corrected chi connectivity index (χ1v) is 6.62. The van der Waals surface area contributed by atoms with E-state index in [0.29, 0.717) is 5.92 Å². The average Bonchev–Trinajstić information content (AvgIpc) is 2.27. The van der Waals surface area contributed by atoms with Gasteiger partial charge in [-0.05, 0) is 24.0 Å². The molecule has 1 aromatic carbocycles. The van der Waals surface area contributed by atoms with Crippen LogP contribution in [0.25, 0.3) is 0 Å². The number of hydrogen-bond acceptors (Lipinski definition) is 1. The number of benzene rings is 1. The van der Waals surface area contributed by atoms with Gasteiger partial charge >= 0.3 is 0 Å². The second kappa shape index (κ2) is 5.55. The number of hydrogen-bond donors (Lipinski definition) is 1. The van der Waals surface area contributed by atoms with Crippen LogP contribution in [0.5, 0.6) is 0 Å². The van der Waals surface area contributed by atoms with Crippen molar-refractivity contribution in [3.63, 3.8) is 0 Å². The van der Waals surface area contributed by atoms with Crippen LogP contribution in [-0.2, 0) is 4.79 Å². The molecule has 0 spiro atoms. The molecule has 0 bridgehead atoms. The summed E-state index contributed by atoms with van der Waals surface area (Å²) in [5.74, 6) is 0.626. The van der Waals surface area contributed by atoms with Crippen LogP contribution in [0.15, 0.2) is 24.3 Å². The van der Waals surface area contributed by atoms with Crippen molar-refractivity contribution < 1.29 is 4.79 Å². The Balaban J connectivity index is 2.73. The van der Waals surface area contributed by atoms with E-state index in [9.17, 15) is 4.79 Å². The summed E-state index contributed by atoms with van der Waals surface area (Å²) in [6.45, 7) is 12.2. The molecular formula is C16H25NO. The van der Waals surface area contributed by atoms with Crippen molar-refractivity contribution in [1.29, 1.82) is 0 Å². The van der Waals surface area contributed by atoms with Gasteiger partial charge in [-0.15, -0.1) is 0 Å². The number of carbonyl (C=O) groups excluding carboxylic acids is 1. The van der Waals surface area contributed by atoms with Gasteiger partial charge in [0.1, 0.15) is 0 Å². The lowest BCUT2D eigenvalue weighted by molar-refractivity contribution is -0.129. The number of nitrogens with one attached hydrogen (secondary N) is 1. The highest BCUT2D eigenvalue weighted by atomic mass is 16.2. The lowest BCUT2D eigenvalue weighted by Gasteiger charge is -2.22. The molecule has 0 saturated carbocycles. The molecule has 0 aromatic heterocycles. The Hall–Kier alpha value is -1.31. The molecule has 2 nitrogen and oxygen atoms in total. The van der Waals surface area contributed by atoms with Crippen LogP contribution in [0.1, 0.15) is 64.6 Å². The highest BCUT2D eigenvalue weighted by Gasteiger charge is 2.22. The molecule has 0 aliphatic carbocycles. The van der Waals surface area contributed by atoms with Crippen LogP contribution in [0.2, 0.25) is 0 Å². The van der Waals surface area contributed by atoms with Crippen molar-refractivity contribution in [1.82, 2.24) is 5.32 Å². The average molecular weight is 247 g/mol. The molecule has 0 aliphatic heterocycles. The van der Waals surface area contributed by atoms with Gasteiger partial charge in [0.15, 0.2) is 0 Å². The predicted molar refractivity (Wildman–Crippen MR) is 76.5 cm³/mol. The first kappa shape index (κ1) is 14.7. The van der Waals surface area contributed by atoms with E-state index in [-0.39, 0.29) is 17.4 Å². The third-order valence-corrected chi connectivity index (χ3v) is 3.13. The van der Waals surface area contributed by atoms with Gasteiger partial charge in [-0.3, -0.25) is 4.79 Å². The molecule has 18 heavy (non-hydrogen) atoms. The summed E-state index contributed by atoms with van der Waals surface area (Å²) < 4.78 is 0. The van der Waals surface area contributed by atoms with Gasteiger partial charge in [-0.25, -0.2) is 0 Å². The van der Waals surface area contributed by atoms with Crippen molar-refractivity contribution >= 4 is 5.91 Å². The van der Waals surface area contributed by atoms with Crippen LogP contribution >= 0.6 is 0 Å². The summed E-state index contributed by atoms with van der Waals surface area (Å²) in [6, 6.07) is 8.53. The maximum atomic E-state index is 11.9. The van der Waals surface area contributed by atoms with Crippen LogP contribution < -0.4 is 5.32 Å². The Labute approximate surface area is 111 Å². The SMILES string of the molecule is CC(C)c1ccc([C@H](C)NC(=O)C(C)(C)C)cc1. The van der Waals surface area contributed by atoms with Gasteiger partial charge < -0.3 is 5.32 Å². The van der Waals surface area contributed by atoms with Crippen LogP contribution in [0.3, 0.4) is 0 Å². The first-order valence-electron chi connectivity index (χ1n) is 6.62. The molecule has 0 aliphatic rings. The summed E-state index contributed by atoms with van der Waals surface area (Å²) in [6.07, 6.45) is 0. The second-order valence-corrected chi connectivity index (χ2v) is 6.27. The monoisotopic (exact) mass is 247 g/mol. The van der Waals surface area contributed by atoms with Crippen molar-refractivity contribution in [2.75, 3.05) is 0 Å². The third kappa shape index (κ3) is 3.86. The summed E-state index contributed by atoms with van der Waals surface area (Å²) in [5.41, 5.74) is 2.14. The fourth-order valence-electron chi connectivity index (χ4n) is 1.67. The quantitative estimate of drug-likeness (QED) is 0.858. The van der Waals surface area contributed by atoms with E-state index >= 15 is 0 Å². The smallest absolute Gasteiger partial charge is 0.225 e. The van der Waals surface area contributed by atoms with Gasteiger partial charge in [0.25, 0.3) is 0 Å². The minimum atomic E-state index is -0.341. The summed E-state index contributed by atoms with van der Waals surface area (Å²) in [4.78, 5) is 11.9. The minimum absolute atomic E-state index is 0.0536. The molecule has 2 heteroatoms. The zero-order valence-corrected chi connectivity index (χ0v) is 12.4. The maximum absolute atomic E-state index is 11.9. The van der Waals surface area contributed by atoms with E-state index in [1.165, 1.54) is 5.56 Å². The molecule has 100 valence electrons. The summed E-state index contributed by atoms with van der Waals surface area (Å²) in [5, 5.41) is 3.05. The highest BCUT2D eigenvalue weighted by Crippen LogP contribution is 2.20. The van der Waals surface area contributed by atoms with Crippen LogP contribution in [-0.4, -0.2) is 5.91 Å². The minimum Gasteiger partial charge on any atom is -0.349 e. The van der Waals surface area contributed by atoms with E-state index in [1.54, 1.807) is 0 Å². The van der Waals surface area contributed by atoms with E-state index in [4.69, 9.17) is 0 Å². The van der Waals surface area contributed by atoms with E-state index < -0.39 is 0 Å². The first-order chi connectivity index (χ1) is 8.21. The van der Waals surface area contributed by atoms with Gasteiger partial charge in [-0.1, -0.05) is 58.9 Å². The molecule has 0 fully saturated rings. The molecule has 0 radical (unpaired) electrons. The zero-order valence-electron chi connectivity index (χ0n) is 12.4. The normalized spacial score (nSPS) is 13.5. The lowest BCUT2D eigenvalue weighted by atomic mass is 9.94. The Kier molecular flexibility index (Phi) is 4.55. The fraction of sp³-hybridized carbons (Fsp3) is 0.562. The molecule has 0 heterocycles. The molecule has 1 atom stereocenters. The lowest BCUT2D eigenvalue weighted by Crippen LogP contribution is -2.36. The molecule has 1 aromatic rings. The number of amides is 1. The zero-order chi connectivity index (χ0) is 13.9. The fourth-order valence-corrected chi connectivity index (χ4v) is 1.67. The standard InChI is InChI=1S/C16H25NO/c1-11(2)13-7-9-14(10-8-13)12(3)17-15(18)16(4,5)6/h7-12H,1-6H3,(H,17,18)/t12-/m0/s1. The molecular weight excluding hydrogens is 222 g/mol. The third-order valence-electron chi connectivity index (χ3n) is 3.13. The molecule has 0 unspecified atom stereocenters. The van der Waals surface area contributed by atoms with E-state index in [2.05, 4.69) is 43.4 Å². The van der Waals surface area contributed by atoms with Crippen molar-refractivity contribution in [2.24, 2.45) is 5.41 Å². The number of rotatable bonds is 3. The van der Waals surface area contributed by atoms with Gasteiger partial charge in [0.2, 0.25) is 5.91 Å². The van der Waals surface area contributed by atoms with Crippen molar-refractivity contribution in [2.45, 2.75) is 53.5 Å². The topological polar surface area (TPSA) is 29.1 Å².